The molecule has 10 aromatic rings. The van der Waals surface area contributed by atoms with Gasteiger partial charge in [0.1, 0.15) is 0 Å². The second kappa shape index (κ2) is 10.1. The molecule has 0 bridgehead atoms. The number of hydrogen-bond acceptors (Lipinski definition) is 1. The van der Waals surface area contributed by atoms with Crippen molar-refractivity contribution in [2.45, 2.75) is 19.3 Å². The molecular formula is C49H32S. The zero-order valence-electron chi connectivity index (χ0n) is 27.9. The largest absolute Gasteiger partial charge is 0.135 e. The molecule has 50 heavy (non-hydrogen) atoms. The first kappa shape index (κ1) is 28.1. The number of benzene rings is 9. The Bertz CT molecular complexity index is 3000. The molecule has 0 aliphatic heterocycles. The Hall–Kier alpha value is -5.76. The van der Waals surface area contributed by atoms with E-state index in [1.807, 2.05) is 11.3 Å². The van der Waals surface area contributed by atoms with Crippen molar-refractivity contribution in [1.29, 1.82) is 0 Å². The quantitative estimate of drug-likeness (QED) is 0.163. The summed E-state index contributed by atoms with van der Waals surface area (Å²) in [5.41, 5.74) is 10.6. The van der Waals surface area contributed by atoms with Crippen molar-refractivity contribution < 1.29 is 0 Å². The normalized spacial score (nSPS) is 13.6. The van der Waals surface area contributed by atoms with Gasteiger partial charge >= 0.3 is 0 Å². The predicted octanol–water partition coefficient (Wildman–Crippen LogP) is 14.3. The molecule has 1 aliphatic carbocycles. The fraction of sp³-hybridized carbons (Fsp3) is 0.0612. The predicted molar refractivity (Wildman–Crippen MR) is 218 cm³/mol. The smallest absolute Gasteiger partial charge is 0.0440 e. The lowest BCUT2D eigenvalue weighted by molar-refractivity contribution is 0.661. The van der Waals surface area contributed by atoms with Crippen LogP contribution >= 0.6 is 11.3 Å². The van der Waals surface area contributed by atoms with Gasteiger partial charge in [0, 0.05) is 31.0 Å². The van der Waals surface area contributed by atoms with Crippen molar-refractivity contribution in [1.82, 2.24) is 0 Å². The fourth-order valence-corrected chi connectivity index (χ4v) is 10.4. The average Bonchev–Trinajstić information content (AvgIpc) is 3.65. The van der Waals surface area contributed by atoms with Crippen molar-refractivity contribution in [2.75, 3.05) is 0 Å². The van der Waals surface area contributed by atoms with Gasteiger partial charge in [-0.3, -0.25) is 0 Å². The fourth-order valence-electron chi connectivity index (χ4n) is 9.15. The van der Waals surface area contributed by atoms with E-state index in [4.69, 9.17) is 0 Å². The van der Waals surface area contributed by atoms with E-state index in [9.17, 15) is 0 Å². The molecule has 0 amide bonds. The van der Waals surface area contributed by atoms with Crippen LogP contribution in [0.15, 0.2) is 158 Å². The lowest BCUT2D eigenvalue weighted by Gasteiger charge is -2.23. The molecule has 0 radical (unpaired) electrons. The molecule has 234 valence electrons. The topological polar surface area (TPSA) is 0 Å². The summed E-state index contributed by atoms with van der Waals surface area (Å²) < 4.78 is 2.75. The second-order valence-electron chi connectivity index (χ2n) is 14.4. The molecule has 1 aromatic heterocycles. The molecule has 0 nitrogen and oxygen atoms in total. The lowest BCUT2D eigenvalue weighted by Crippen LogP contribution is -2.15. The van der Waals surface area contributed by atoms with E-state index in [1.165, 1.54) is 108 Å². The van der Waals surface area contributed by atoms with E-state index in [0.717, 1.165) is 0 Å². The molecule has 1 aliphatic rings. The number of thiophene rings is 1. The van der Waals surface area contributed by atoms with Gasteiger partial charge in [0.25, 0.3) is 0 Å². The Morgan fingerprint density at radius 3 is 1.78 bits per heavy atom. The van der Waals surface area contributed by atoms with E-state index in [-0.39, 0.29) is 5.41 Å². The Morgan fingerprint density at radius 2 is 1.02 bits per heavy atom. The van der Waals surface area contributed by atoms with Gasteiger partial charge < -0.3 is 0 Å². The standard InChI is InChI=1S/C49H32S/c1-49(2)41-27-24-30-22-25-39-33-15-9-10-21-43(33)50-48(39)45(30)47(41)40-26-23-31(28-42(40)49)44-35-16-5-7-18-37(35)46(38-19-8-6-17-36(38)44)34-20-11-13-29-12-3-4-14-32(29)34/h3-28H,1-2H3. The van der Waals surface area contributed by atoms with Crippen molar-refractivity contribution >= 4 is 74.6 Å². The highest BCUT2D eigenvalue weighted by molar-refractivity contribution is 7.26. The Labute approximate surface area is 294 Å². The molecule has 0 saturated heterocycles. The molecular weight excluding hydrogens is 621 g/mol. The molecule has 0 saturated carbocycles. The molecule has 0 fully saturated rings. The van der Waals surface area contributed by atoms with Crippen molar-refractivity contribution in [3.8, 4) is 33.4 Å². The lowest BCUT2D eigenvalue weighted by atomic mass is 9.80. The van der Waals surface area contributed by atoms with Gasteiger partial charge in [-0.25, -0.2) is 0 Å². The van der Waals surface area contributed by atoms with Gasteiger partial charge in [-0.1, -0.05) is 159 Å². The molecule has 0 N–H and O–H groups in total. The minimum absolute atomic E-state index is 0.137. The van der Waals surface area contributed by atoms with Crippen LogP contribution in [0.4, 0.5) is 0 Å². The van der Waals surface area contributed by atoms with Crippen molar-refractivity contribution in [3.63, 3.8) is 0 Å². The van der Waals surface area contributed by atoms with E-state index >= 15 is 0 Å². The molecule has 9 aromatic carbocycles. The molecule has 0 atom stereocenters. The number of hydrogen-bond donors (Lipinski definition) is 0. The van der Waals surface area contributed by atoms with Crippen molar-refractivity contribution in [3.05, 3.63) is 169 Å². The van der Waals surface area contributed by atoms with Crippen molar-refractivity contribution in [2.24, 2.45) is 0 Å². The van der Waals surface area contributed by atoms with Crippen LogP contribution in [0.5, 0.6) is 0 Å². The highest BCUT2D eigenvalue weighted by Crippen LogP contribution is 2.55. The highest BCUT2D eigenvalue weighted by Gasteiger charge is 2.37. The summed E-state index contributed by atoms with van der Waals surface area (Å²) in [5.74, 6) is 0. The summed E-state index contributed by atoms with van der Waals surface area (Å²) in [7, 11) is 0. The van der Waals surface area contributed by atoms with Crippen LogP contribution in [0.25, 0.3) is 96.6 Å². The van der Waals surface area contributed by atoms with Gasteiger partial charge in [0.05, 0.1) is 0 Å². The minimum Gasteiger partial charge on any atom is -0.135 e. The van der Waals surface area contributed by atoms with E-state index in [2.05, 4.69) is 172 Å². The second-order valence-corrected chi connectivity index (χ2v) is 15.4. The van der Waals surface area contributed by atoms with E-state index in [0.29, 0.717) is 0 Å². The highest BCUT2D eigenvalue weighted by atomic mass is 32.1. The maximum Gasteiger partial charge on any atom is 0.0440 e. The SMILES string of the molecule is CC1(C)c2cc(-c3c4ccccc4c(-c4cccc5ccccc45)c4ccccc34)ccc2-c2c1ccc1ccc3c4ccccc4sc3c21. The summed E-state index contributed by atoms with van der Waals surface area (Å²) >= 11 is 1.93. The van der Waals surface area contributed by atoms with Crippen LogP contribution in [0.3, 0.4) is 0 Å². The summed E-state index contributed by atoms with van der Waals surface area (Å²) in [6, 6.07) is 59.1. The summed E-state index contributed by atoms with van der Waals surface area (Å²) in [6.45, 7) is 4.83. The Balaban J connectivity index is 1.20. The minimum atomic E-state index is -0.137. The Morgan fingerprint density at radius 1 is 0.400 bits per heavy atom. The molecule has 11 rings (SSSR count). The van der Waals surface area contributed by atoms with Crippen LogP contribution in [0, 0.1) is 0 Å². The zero-order valence-corrected chi connectivity index (χ0v) is 28.7. The average molecular weight is 653 g/mol. The maximum absolute atomic E-state index is 2.51. The zero-order chi connectivity index (χ0) is 33.1. The van der Waals surface area contributed by atoms with Crippen LogP contribution < -0.4 is 0 Å². The van der Waals surface area contributed by atoms with Gasteiger partial charge in [-0.05, 0) is 94.3 Å². The summed E-state index contributed by atoms with van der Waals surface area (Å²) in [5, 5.41) is 13.1. The number of rotatable bonds is 2. The number of fused-ring (bicyclic) bond motifs is 12. The third-order valence-electron chi connectivity index (χ3n) is 11.4. The first-order valence-electron chi connectivity index (χ1n) is 17.5. The van der Waals surface area contributed by atoms with Crippen LogP contribution in [0.1, 0.15) is 25.0 Å². The van der Waals surface area contributed by atoms with Gasteiger partial charge in [-0.2, -0.15) is 0 Å². The van der Waals surface area contributed by atoms with Crippen LogP contribution in [-0.4, -0.2) is 0 Å². The molecule has 0 spiro atoms. The van der Waals surface area contributed by atoms with Crippen LogP contribution in [-0.2, 0) is 5.41 Å². The van der Waals surface area contributed by atoms with Gasteiger partial charge in [0.15, 0.2) is 0 Å². The summed E-state index contributed by atoms with van der Waals surface area (Å²) in [4.78, 5) is 0. The van der Waals surface area contributed by atoms with E-state index < -0.39 is 0 Å². The third kappa shape index (κ3) is 3.71. The monoisotopic (exact) mass is 652 g/mol. The first-order chi connectivity index (χ1) is 24.6. The molecule has 0 unspecified atom stereocenters. The van der Waals surface area contributed by atoms with Crippen LogP contribution in [0.2, 0.25) is 0 Å². The van der Waals surface area contributed by atoms with E-state index in [1.54, 1.807) is 0 Å². The van der Waals surface area contributed by atoms with Gasteiger partial charge in [0.2, 0.25) is 0 Å². The van der Waals surface area contributed by atoms with Gasteiger partial charge in [-0.15, -0.1) is 11.3 Å². The Kier molecular flexibility index (Phi) is 5.70. The third-order valence-corrected chi connectivity index (χ3v) is 12.6. The molecule has 1 heteroatoms. The first-order valence-corrected chi connectivity index (χ1v) is 18.3. The maximum atomic E-state index is 2.51. The molecule has 1 heterocycles. The summed E-state index contributed by atoms with van der Waals surface area (Å²) in [6.07, 6.45) is 0.